The third kappa shape index (κ3) is 5.59. The number of hydrogen-bond donors (Lipinski definition) is 0. The molecule has 0 spiro atoms. The molecule has 0 aliphatic rings. The van der Waals surface area contributed by atoms with Gasteiger partial charge in [0.25, 0.3) is 15.9 Å². The zero-order valence-corrected chi connectivity index (χ0v) is 22.3. The van der Waals surface area contributed by atoms with Gasteiger partial charge in [-0.25, -0.2) is 8.42 Å². The van der Waals surface area contributed by atoms with Crippen molar-refractivity contribution in [1.29, 1.82) is 0 Å². The zero-order valence-electron chi connectivity index (χ0n) is 21.5. The SMILES string of the molecule is Cc1ccc(C)c(N(C(=O)COc2ccc(C(C)(C)c3ccccc3)cc2)S(=O)(=O)c2ccccc2)c1. The molecule has 0 aliphatic heterocycles. The summed E-state index contributed by atoms with van der Waals surface area (Å²) >= 11 is 0. The number of anilines is 1. The van der Waals surface area contributed by atoms with Crippen molar-refractivity contribution in [1.82, 2.24) is 0 Å². The third-order valence-electron chi connectivity index (χ3n) is 6.53. The molecular formula is C31H31NO4S. The van der Waals surface area contributed by atoms with E-state index in [1.807, 2.05) is 43.3 Å². The van der Waals surface area contributed by atoms with Crippen LogP contribution in [0.2, 0.25) is 0 Å². The van der Waals surface area contributed by atoms with Gasteiger partial charge in [0.05, 0.1) is 10.6 Å². The fourth-order valence-corrected chi connectivity index (χ4v) is 5.72. The summed E-state index contributed by atoms with van der Waals surface area (Å²) in [6.45, 7) is 7.51. The standard InChI is InChI=1S/C31H31NO4S/c1-23-15-16-24(2)29(21-23)32(37(34,35)28-13-9-6-10-14-28)30(33)22-36-27-19-17-26(18-20-27)31(3,4)25-11-7-5-8-12-25/h5-21H,22H2,1-4H3. The minimum Gasteiger partial charge on any atom is -0.484 e. The Labute approximate surface area is 219 Å². The number of sulfonamides is 1. The van der Waals surface area contributed by atoms with E-state index in [0.29, 0.717) is 17.0 Å². The number of rotatable bonds is 8. The molecule has 4 aromatic carbocycles. The molecule has 0 aliphatic carbocycles. The smallest absolute Gasteiger partial charge is 0.278 e. The van der Waals surface area contributed by atoms with E-state index >= 15 is 0 Å². The number of nitrogens with zero attached hydrogens (tertiary/aromatic N) is 1. The van der Waals surface area contributed by atoms with Gasteiger partial charge in [-0.05, 0) is 66.4 Å². The number of carbonyl (C=O) groups is 1. The predicted octanol–water partition coefficient (Wildman–Crippen LogP) is 6.43. The number of ether oxygens (including phenoxy) is 1. The fraction of sp³-hybridized carbons (Fsp3) is 0.194. The lowest BCUT2D eigenvalue weighted by molar-refractivity contribution is -0.119. The highest BCUT2D eigenvalue weighted by Crippen LogP contribution is 2.32. The Morgan fingerprint density at radius 3 is 1.97 bits per heavy atom. The summed E-state index contributed by atoms with van der Waals surface area (Å²) in [5.74, 6) is -0.190. The van der Waals surface area contributed by atoms with E-state index in [9.17, 15) is 13.2 Å². The van der Waals surface area contributed by atoms with Crippen LogP contribution in [0.1, 0.15) is 36.1 Å². The number of benzene rings is 4. The predicted molar refractivity (Wildman–Crippen MR) is 148 cm³/mol. The first kappa shape index (κ1) is 26.2. The Balaban J connectivity index is 1.59. The van der Waals surface area contributed by atoms with Gasteiger partial charge in [0, 0.05) is 5.41 Å². The van der Waals surface area contributed by atoms with Crippen LogP contribution in [0.15, 0.2) is 108 Å². The van der Waals surface area contributed by atoms with Gasteiger partial charge in [0.2, 0.25) is 0 Å². The van der Waals surface area contributed by atoms with Crippen LogP contribution >= 0.6 is 0 Å². The van der Waals surface area contributed by atoms with Crippen molar-refractivity contribution < 1.29 is 17.9 Å². The second-order valence-corrected chi connectivity index (χ2v) is 11.4. The summed E-state index contributed by atoms with van der Waals surface area (Å²) in [5.41, 5.74) is 3.91. The number of hydrogen-bond acceptors (Lipinski definition) is 4. The van der Waals surface area contributed by atoms with Crippen molar-refractivity contribution in [3.8, 4) is 5.75 Å². The van der Waals surface area contributed by atoms with Crippen molar-refractivity contribution >= 4 is 21.6 Å². The largest absolute Gasteiger partial charge is 0.484 e. The number of amides is 1. The van der Waals surface area contributed by atoms with Gasteiger partial charge >= 0.3 is 0 Å². The van der Waals surface area contributed by atoms with E-state index in [1.54, 1.807) is 49.4 Å². The highest BCUT2D eigenvalue weighted by Gasteiger charge is 2.32. The van der Waals surface area contributed by atoms with Crippen LogP contribution in [-0.2, 0) is 20.2 Å². The highest BCUT2D eigenvalue weighted by atomic mass is 32.2. The minimum atomic E-state index is -4.15. The molecule has 0 unspecified atom stereocenters. The molecule has 0 N–H and O–H groups in total. The molecule has 6 heteroatoms. The highest BCUT2D eigenvalue weighted by molar-refractivity contribution is 7.93. The van der Waals surface area contributed by atoms with Gasteiger partial charge in [0.1, 0.15) is 5.75 Å². The quantitative estimate of drug-likeness (QED) is 0.272. The van der Waals surface area contributed by atoms with Gasteiger partial charge in [-0.15, -0.1) is 0 Å². The van der Waals surface area contributed by atoms with Crippen LogP contribution in [0.4, 0.5) is 5.69 Å². The number of aryl methyl sites for hydroxylation is 2. The van der Waals surface area contributed by atoms with Crippen molar-refractivity contribution in [3.05, 3.63) is 125 Å². The Morgan fingerprint density at radius 1 is 0.784 bits per heavy atom. The minimum absolute atomic E-state index is 0.0387. The Bertz CT molecular complexity index is 1480. The maximum absolute atomic E-state index is 13.6. The van der Waals surface area contributed by atoms with Crippen molar-refractivity contribution in [3.63, 3.8) is 0 Å². The Hall–Kier alpha value is -3.90. The topological polar surface area (TPSA) is 63.7 Å². The normalized spacial score (nSPS) is 11.7. The number of carbonyl (C=O) groups excluding carboxylic acids is 1. The van der Waals surface area contributed by atoms with Crippen LogP contribution in [0.25, 0.3) is 0 Å². The second kappa shape index (κ2) is 10.6. The molecule has 190 valence electrons. The molecule has 4 rings (SSSR count). The summed E-state index contributed by atoms with van der Waals surface area (Å²) in [5, 5.41) is 0. The first-order valence-corrected chi connectivity index (χ1v) is 13.5. The third-order valence-corrected chi connectivity index (χ3v) is 8.27. The summed E-state index contributed by atoms with van der Waals surface area (Å²) in [6, 6.07) is 31.1. The van der Waals surface area contributed by atoms with Gasteiger partial charge in [-0.2, -0.15) is 4.31 Å². The van der Waals surface area contributed by atoms with Crippen molar-refractivity contribution in [2.24, 2.45) is 0 Å². The lowest BCUT2D eigenvalue weighted by Crippen LogP contribution is -2.40. The maximum atomic E-state index is 13.6. The molecule has 0 radical (unpaired) electrons. The lowest BCUT2D eigenvalue weighted by atomic mass is 9.78. The second-order valence-electron chi connectivity index (χ2n) is 9.57. The van der Waals surface area contributed by atoms with Gasteiger partial charge in [-0.3, -0.25) is 4.79 Å². The fourth-order valence-electron chi connectivity index (χ4n) is 4.23. The summed E-state index contributed by atoms with van der Waals surface area (Å²) in [6.07, 6.45) is 0. The molecule has 0 bridgehead atoms. The molecule has 0 aromatic heterocycles. The maximum Gasteiger partial charge on any atom is 0.278 e. The molecule has 0 saturated carbocycles. The average Bonchev–Trinajstić information content (AvgIpc) is 2.91. The van der Waals surface area contributed by atoms with Gasteiger partial charge < -0.3 is 4.74 Å². The molecule has 4 aromatic rings. The molecule has 5 nitrogen and oxygen atoms in total. The lowest BCUT2D eigenvalue weighted by Gasteiger charge is -2.26. The molecule has 0 fully saturated rings. The molecule has 0 heterocycles. The summed E-state index contributed by atoms with van der Waals surface area (Å²) < 4.78 is 33.8. The molecule has 0 saturated heterocycles. The average molecular weight is 514 g/mol. The van der Waals surface area contributed by atoms with Crippen LogP contribution in [0.3, 0.4) is 0 Å². The van der Waals surface area contributed by atoms with E-state index in [2.05, 4.69) is 26.0 Å². The first-order valence-electron chi connectivity index (χ1n) is 12.1. The van der Waals surface area contributed by atoms with Crippen LogP contribution in [-0.4, -0.2) is 20.9 Å². The molecule has 1 amide bonds. The van der Waals surface area contributed by atoms with E-state index in [4.69, 9.17) is 4.74 Å². The van der Waals surface area contributed by atoms with E-state index in [0.717, 1.165) is 15.4 Å². The molecule has 37 heavy (non-hydrogen) atoms. The first-order chi connectivity index (χ1) is 17.6. The molecule has 0 atom stereocenters. The monoisotopic (exact) mass is 513 g/mol. The van der Waals surface area contributed by atoms with Crippen molar-refractivity contribution in [2.75, 3.05) is 10.9 Å². The van der Waals surface area contributed by atoms with Gasteiger partial charge in [0.15, 0.2) is 6.61 Å². The van der Waals surface area contributed by atoms with Crippen molar-refractivity contribution in [2.45, 2.75) is 38.0 Å². The van der Waals surface area contributed by atoms with Crippen LogP contribution < -0.4 is 9.04 Å². The summed E-state index contributed by atoms with van der Waals surface area (Å²) in [7, 11) is -4.15. The van der Waals surface area contributed by atoms with Crippen LogP contribution in [0.5, 0.6) is 5.75 Å². The van der Waals surface area contributed by atoms with E-state index in [1.165, 1.54) is 17.7 Å². The van der Waals surface area contributed by atoms with E-state index < -0.39 is 22.5 Å². The zero-order chi connectivity index (χ0) is 26.6. The molecular weight excluding hydrogens is 482 g/mol. The Morgan fingerprint density at radius 2 is 1.35 bits per heavy atom. The summed E-state index contributed by atoms with van der Waals surface area (Å²) in [4.78, 5) is 13.5. The Kier molecular flexibility index (Phi) is 7.50. The van der Waals surface area contributed by atoms with Gasteiger partial charge in [-0.1, -0.05) is 86.6 Å². The van der Waals surface area contributed by atoms with E-state index in [-0.39, 0.29) is 10.3 Å². The van der Waals surface area contributed by atoms with Crippen LogP contribution in [0, 0.1) is 13.8 Å².